The van der Waals surface area contributed by atoms with Gasteiger partial charge in [-0.15, -0.1) is 0 Å². The number of likely N-dealkylation sites (N-methyl/N-ethyl adjacent to an activating group) is 1. The molecule has 4 heterocycles. The molecule has 1 aromatic carbocycles. The number of halogens is 2. The molecule has 210 valence electrons. The van der Waals surface area contributed by atoms with E-state index in [0.29, 0.717) is 49.1 Å². The van der Waals surface area contributed by atoms with Crippen LogP contribution in [-0.4, -0.2) is 90.7 Å². The molecule has 9 heteroatoms. The minimum absolute atomic E-state index is 0.157. The zero-order valence-corrected chi connectivity index (χ0v) is 23.2. The average molecular weight is 539 g/mol. The molecule has 1 atom stereocenters. The van der Waals surface area contributed by atoms with E-state index in [2.05, 4.69) is 11.9 Å². The minimum atomic E-state index is -0.405. The highest BCUT2D eigenvalue weighted by Gasteiger charge is 2.34. The van der Waals surface area contributed by atoms with Crippen LogP contribution < -0.4 is 5.32 Å². The number of amides is 1. The Hall–Kier alpha value is -3.20. The van der Waals surface area contributed by atoms with Gasteiger partial charge in [0, 0.05) is 52.4 Å². The summed E-state index contributed by atoms with van der Waals surface area (Å²) >= 11 is 0. The van der Waals surface area contributed by atoms with Crippen LogP contribution in [0.2, 0.25) is 0 Å². The monoisotopic (exact) mass is 538 g/mol. The number of carbonyl (C=O) groups is 1. The van der Waals surface area contributed by atoms with E-state index in [1.165, 1.54) is 12.1 Å². The van der Waals surface area contributed by atoms with Gasteiger partial charge in [-0.3, -0.25) is 4.79 Å². The highest BCUT2D eigenvalue weighted by atomic mass is 19.1. The van der Waals surface area contributed by atoms with Gasteiger partial charge in [-0.2, -0.15) is 4.39 Å². The maximum Gasteiger partial charge on any atom is 0.254 e. The molecule has 0 aromatic heterocycles. The topological polar surface area (TPSA) is 54.4 Å². The van der Waals surface area contributed by atoms with Crippen LogP contribution in [0.3, 0.4) is 0 Å². The van der Waals surface area contributed by atoms with E-state index in [9.17, 15) is 9.18 Å². The first kappa shape index (κ1) is 27.4. The van der Waals surface area contributed by atoms with Gasteiger partial charge >= 0.3 is 0 Å². The lowest BCUT2D eigenvalue weighted by Gasteiger charge is -2.38. The van der Waals surface area contributed by atoms with Crippen molar-refractivity contribution in [3.63, 3.8) is 0 Å². The third kappa shape index (κ3) is 5.73. The zero-order valence-electron chi connectivity index (χ0n) is 23.2. The van der Waals surface area contributed by atoms with Crippen molar-refractivity contribution in [2.75, 3.05) is 53.4 Å². The van der Waals surface area contributed by atoms with Crippen molar-refractivity contribution in [3.8, 4) is 0 Å². The summed E-state index contributed by atoms with van der Waals surface area (Å²) in [5.74, 6) is 0.588. The standard InChI is InChI=1S/C30H40F2N6O/c1-21-19-26-34-28(37-15-6-7-16-37)27(32)29(36(26)3)35(2)18-14-33-13-8-9-22-11-12-23(31)20-24(22)30(39)38-17-5-4-10-25(21)38/h11-12,19-20,25,33H,1,4-10,13-18H2,2-3H3/b26-19-. The summed E-state index contributed by atoms with van der Waals surface area (Å²) in [6, 6.07) is 4.32. The molecule has 4 aliphatic rings. The molecule has 0 saturated carbocycles. The van der Waals surface area contributed by atoms with Crippen LogP contribution in [-0.2, 0) is 6.42 Å². The Morgan fingerprint density at radius 1 is 1.00 bits per heavy atom. The van der Waals surface area contributed by atoms with Gasteiger partial charge < -0.3 is 24.9 Å². The number of aryl methyl sites for hydroxylation is 1. The molecule has 0 radical (unpaired) electrons. The van der Waals surface area contributed by atoms with Crippen LogP contribution in [0.4, 0.5) is 8.78 Å². The van der Waals surface area contributed by atoms with Crippen LogP contribution in [0.5, 0.6) is 0 Å². The summed E-state index contributed by atoms with van der Waals surface area (Å²) < 4.78 is 30.3. The van der Waals surface area contributed by atoms with Crippen LogP contribution in [0, 0.1) is 5.82 Å². The van der Waals surface area contributed by atoms with Gasteiger partial charge in [0.05, 0.1) is 6.04 Å². The smallest absolute Gasteiger partial charge is 0.254 e. The molecule has 39 heavy (non-hydrogen) atoms. The molecule has 1 N–H and O–H groups in total. The zero-order chi connectivity index (χ0) is 27.5. The number of fused-ring (bicyclic) bond motifs is 4. The molecule has 1 unspecified atom stereocenters. The first-order valence-electron chi connectivity index (χ1n) is 14.2. The van der Waals surface area contributed by atoms with Crippen molar-refractivity contribution in [2.24, 2.45) is 4.99 Å². The van der Waals surface area contributed by atoms with Gasteiger partial charge in [0.15, 0.2) is 5.84 Å². The predicted octanol–water partition coefficient (Wildman–Crippen LogP) is 4.26. The van der Waals surface area contributed by atoms with Gasteiger partial charge in [-0.05, 0) is 80.8 Å². The number of piperidine rings is 1. The van der Waals surface area contributed by atoms with Gasteiger partial charge in [-0.25, -0.2) is 9.38 Å². The molecule has 2 bridgehead atoms. The third-order valence-corrected chi connectivity index (χ3v) is 8.27. The SMILES string of the molecule is C=C1/C=C2/N=C(N3CCCC3)C(F)=C(N(C)CCNCCCc3ccc(F)cc3C(=O)N3CCCCC13)N2C. The number of nitrogens with zero attached hydrogens (tertiary/aromatic N) is 5. The van der Waals surface area contributed by atoms with Crippen molar-refractivity contribution in [1.82, 2.24) is 24.9 Å². The molecule has 1 amide bonds. The van der Waals surface area contributed by atoms with E-state index in [-0.39, 0.29) is 17.8 Å². The van der Waals surface area contributed by atoms with Gasteiger partial charge in [0.2, 0.25) is 5.83 Å². The lowest BCUT2D eigenvalue weighted by Crippen LogP contribution is -2.45. The molecule has 1 aromatic rings. The van der Waals surface area contributed by atoms with E-state index in [1.54, 1.807) is 11.0 Å². The predicted molar refractivity (Wildman–Crippen MR) is 150 cm³/mol. The molecular weight excluding hydrogens is 498 g/mol. The second-order valence-corrected chi connectivity index (χ2v) is 11.0. The van der Waals surface area contributed by atoms with Crippen LogP contribution >= 0.6 is 0 Å². The van der Waals surface area contributed by atoms with Crippen LogP contribution in [0.15, 0.2) is 58.9 Å². The Morgan fingerprint density at radius 3 is 2.56 bits per heavy atom. The second-order valence-electron chi connectivity index (χ2n) is 11.0. The maximum absolute atomic E-state index is 16.0. The molecule has 2 saturated heterocycles. The minimum Gasteiger partial charge on any atom is -0.357 e. The third-order valence-electron chi connectivity index (χ3n) is 8.27. The molecule has 0 spiro atoms. The van der Waals surface area contributed by atoms with Crippen molar-refractivity contribution in [2.45, 2.75) is 51.0 Å². The largest absolute Gasteiger partial charge is 0.357 e. The van der Waals surface area contributed by atoms with Crippen molar-refractivity contribution >= 4 is 11.7 Å². The fraction of sp³-hybridized carbons (Fsp3) is 0.533. The van der Waals surface area contributed by atoms with Crippen LogP contribution in [0.25, 0.3) is 0 Å². The summed E-state index contributed by atoms with van der Waals surface area (Å²) in [6.07, 6.45) is 8.04. The van der Waals surface area contributed by atoms with Gasteiger partial charge in [-0.1, -0.05) is 12.6 Å². The lowest BCUT2D eigenvalue weighted by atomic mass is 9.93. The first-order chi connectivity index (χ1) is 18.8. The number of aliphatic imine (C=N–C) groups is 1. The van der Waals surface area contributed by atoms with E-state index in [4.69, 9.17) is 4.99 Å². The highest BCUT2D eigenvalue weighted by Crippen LogP contribution is 2.32. The lowest BCUT2D eigenvalue weighted by molar-refractivity contribution is 0.0654. The number of rotatable bonds is 0. The summed E-state index contributed by atoms with van der Waals surface area (Å²) in [6.45, 7) is 8.56. The van der Waals surface area contributed by atoms with E-state index in [0.717, 1.165) is 69.3 Å². The highest BCUT2D eigenvalue weighted by molar-refractivity contribution is 5.98. The molecule has 5 rings (SSSR count). The van der Waals surface area contributed by atoms with E-state index in [1.807, 2.05) is 34.9 Å². The normalized spacial score (nSPS) is 25.2. The summed E-state index contributed by atoms with van der Waals surface area (Å²) in [5.41, 5.74) is 2.05. The van der Waals surface area contributed by atoms with Gasteiger partial charge in [0.1, 0.15) is 17.5 Å². The maximum atomic E-state index is 16.0. The Kier molecular flexibility index (Phi) is 8.35. The number of hydrogen-bond acceptors (Lipinski definition) is 6. The summed E-state index contributed by atoms with van der Waals surface area (Å²) in [5, 5.41) is 3.44. The van der Waals surface area contributed by atoms with E-state index >= 15 is 4.39 Å². The summed E-state index contributed by atoms with van der Waals surface area (Å²) in [7, 11) is 3.74. The number of likely N-dealkylation sites (tertiary alicyclic amines) is 1. The number of carbonyl (C=O) groups excluding carboxylic acids is 1. The molecule has 7 nitrogen and oxygen atoms in total. The van der Waals surface area contributed by atoms with E-state index < -0.39 is 5.82 Å². The van der Waals surface area contributed by atoms with Crippen molar-refractivity contribution < 1.29 is 13.6 Å². The fourth-order valence-electron chi connectivity index (χ4n) is 6.10. The number of benzene rings is 1. The second kappa shape index (κ2) is 11.9. The summed E-state index contributed by atoms with van der Waals surface area (Å²) in [4.78, 5) is 26.3. The Labute approximate surface area is 230 Å². The number of hydrogen-bond donors (Lipinski definition) is 1. The molecule has 0 aliphatic carbocycles. The van der Waals surface area contributed by atoms with Crippen LogP contribution in [0.1, 0.15) is 54.4 Å². The Balaban J connectivity index is 1.55. The van der Waals surface area contributed by atoms with Crippen molar-refractivity contribution in [1.29, 1.82) is 0 Å². The van der Waals surface area contributed by atoms with Crippen molar-refractivity contribution in [3.05, 3.63) is 70.8 Å². The molecule has 4 aliphatic heterocycles. The first-order valence-corrected chi connectivity index (χ1v) is 14.2. The quantitative estimate of drug-likeness (QED) is 0.535. The molecular formula is C30H40F2N6O. The Bertz CT molecular complexity index is 1200. The fourth-order valence-corrected chi connectivity index (χ4v) is 6.10. The number of amidine groups is 1. The van der Waals surface area contributed by atoms with Gasteiger partial charge in [0.25, 0.3) is 5.91 Å². The average Bonchev–Trinajstić information content (AvgIpc) is 3.46. The molecule has 2 fully saturated rings. The number of nitrogens with one attached hydrogen (secondary N) is 1. The Morgan fingerprint density at radius 2 is 1.77 bits per heavy atom.